The molecule has 0 aliphatic carbocycles. The zero-order valence-corrected chi connectivity index (χ0v) is 18.1. The predicted molar refractivity (Wildman–Crippen MR) is 125 cm³/mol. The molecule has 1 fully saturated rings. The maximum absolute atomic E-state index is 13.9. The molecule has 0 spiro atoms. The smallest absolute Gasteiger partial charge is 0.337 e. The van der Waals surface area contributed by atoms with Crippen molar-refractivity contribution in [2.75, 3.05) is 48.4 Å². The molecule has 0 atom stereocenters. The minimum atomic E-state index is -1.10. The molecule has 1 heterocycles. The lowest BCUT2D eigenvalue weighted by molar-refractivity contribution is 0.0697. The summed E-state index contributed by atoms with van der Waals surface area (Å²) < 4.78 is 19.3. The van der Waals surface area contributed by atoms with Crippen molar-refractivity contribution in [3.05, 3.63) is 83.7 Å². The summed E-state index contributed by atoms with van der Waals surface area (Å²) in [6.07, 6.45) is 0. The van der Waals surface area contributed by atoms with E-state index in [1.54, 1.807) is 25.3 Å². The predicted octanol–water partition coefficient (Wildman–Crippen LogP) is 4.11. The maximum atomic E-state index is 13.9. The molecule has 1 aliphatic rings. The van der Waals surface area contributed by atoms with E-state index in [0.29, 0.717) is 31.9 Å². The van der Waals surface area contributed by atoms with E-state index in [4.69, 9.17) is 4.74 Å². The van der Waals surface area contributed by atoms with E-state index in [1.807, 2.05) is 29.2 Å². The van der Waals surface area contributed by atoms with E-state index in [9.17, 15) is 19.1 Å². The number of para-hydroxylation sites is 2. The molecule has 0 radical (unpaired) electrons. The van der Waals surface area contributed by atoms with Crippen LogP contribution in [0.4, 0.5) is 21.5 Å². The van der Waals surface area contributed by atoms with Crippen LogP contribution in [0.1, 0.15) is 20.7 Å². The average Bonchev–Trinajstić information content (AvgIpc) is 2.84. The lowest BCUT2D eigenvalue weighted by atomic mass is 10.1. The number of carboxylic acid groups (broad SMARTS) is 1. The lowest BCUT2D eigenvalue weighted by Gasteiger charge is -2.38. The van der Waals surface area contributed by atoms with E-state index in [-0.39, 0.29) is 16.8 Å². The number of carbonyl (C=O) groups is 2. The van der Waals surface area contributed by atoms with Gasteiger partial charge in [0.1, 0.15) is 11.6 Å². The monoisotopic (exact) mass is 449 g/mol. The quantitative estimate of drug-likeness (QED) is 0.590. The fraction of sp³-hybridized carbons (Fsp3) is 0.200. The molecule has 33 heavy (non-hydrogen) atoms. The number of hydrogen-bond acceptors (Lipinski definition) is 5. The number of rotatable bonds is 6. The van der Waals surface area contributed by atoms with Crippen molar-refractivity contribution < 1.29 is 23.8 Å². The van der Waals surface area contributed by atoms with Gasteiger partial charge in [-0.3, -0.25) is 4.79 Å². The van der Waals surface area contributed by atoms with E-state index >= 15 is 0 Å². The van der Waals surface area contributed by atoms with Crippen LogP contribution in [0.3, 0.4) is 0 Å². The minimum absolute atomic E-state index is 0.0760. The number of carbonyl (C=O) groups excluding carboxylic acids is 1. The number of benzene rings is 3. The first kappa shape index (κ1) is 22.1. The summed E-state index contributed by atoms with van der Waals surface area (Å²) in [5, 5.41) is 12.4. The Morgan fingerprint density at radius 2 is 1.52 bits per heavy atom. The third-order valence-electron chi connectivity index (χ3n) is 5.65. The number of nitrogens with one attached hydrogen (secondary N) is 1. The minimum Gasteiger partial charge on any atom is -0.495 e. The van der Waals surface area contributed by atoms with Crippen LogP contribution in [0.25, 0.3) is 0 Å². The highest BCUT2D eigenvalue weighted by atomic mass is 19.1. The van der Waals surface area contributed by atoms with Crippen LogP contribution in [0.15, 0.2) is 66.7 Å². The molecule has 0 bridgehead atoms. The van der Waals surface area contributed by atoms with Gasteiger partial charge in [-0.1, -0.05) is 24.3 Å². The molecule has 170 valence electrons. The summed E-state index contributed by atoms with van der Waals surface area (Å²) in [7, 11) is 1.64. The number of halogens is 1. The molecule has 0 unspecified atom stereocenters. The first-order valence-corrected chi connectivity index (χ1v) is 10.5. The molecule has 1 aliphatic heterocycles. The number of amides is 1. The molecule has 7 nitrogen and oxygen atoms in total. The van der Waals surface area contributed by atoms with Gasteiger partial charge in [0.25, 0.3) is 5.91 Å². The lowest BCUT2D eigenvalue weighted by Crippen LogP contribution is -2.47. The standard InChI is InChI=1S/C25H24FN3O4/c1-33-23-9-5-4-8-22(23)29-14-12-28(13-15-29)21-11-10-17(16-19(21)25(31)32)27-24(30)18-6-2-3-7-20(18)26/h2-11,16H,12-15H2,1H3,(H,27,30)(H,31,32). The number of nitrogens with zero attached hydrogens (tertiary/aromatic N) is 2. The summed E-state index contributed by atoms with van der Waals surface area (Å²) in [6.45, 7) is 2.65. The van der Waals surface area contributed by atoms with Crippen molar-refractivity contribution in [3.8, 4) is 5.75 Å². The van der Waals surface area contributed by atoms with Crippen LogP contribution < -0.4 is 19.9 Å². The number of ether oxygens (including phenoxy) is 1. The molecule has 0 saturated carbocycles. The fourth-order valence-corrected chi connectivity index (χ4v) is 3.98. The van der Waals surface area contributed by atoms with Gasteiger partial charge in [-0.15, -0.1) is 0 Å². The van der Waals surface area contributed by atoms with Crippen molar-refractivity contribution >= 4 is 28.9 Å². The van der Waals surface area contributed by atoms with Crippen molar-refractivity contribution in [3.63, 3.8) is 0 Å². The molecule has 0 aromatic heterocycles. The maximum Gasteiger partial charge on any atom is 0.337 e. The second-order valence-electron chi connectivity index (χ2n) is 7.62. The molecule has 1 saturated heterocycles. The molecule has 1 amide bonds. The van der Waals surface area contributed by atoms with Crippen LogP contribution >= 0.6 is 0 Å². The van der Waals surface area contributed by atoms with Crippen molar-refractivity contribution in [1.29, 1.82) is 0 Å². The zero-order chi connectivity index (χ0) is 23.4. The molecule has 8 heteroatoms. The summed E-state index contributed by atoms with van der Waals surface area (Å²) in [5.74, 6) is -1.58. The topological polar surface area (TPSA) is 82.1 Å². The van der Waals surface area contributed by atoms with Gasteiger partial charge in [0, 0.05) is 31.9 Å². The van der Waals surface area contributed by atoms with Crippen molar-refractivity contribution in [1.82, 2.24) is 0 Å². The Labute approximate surface area is 191 Å². The Kier molecular flexibility index (Phi) is 6.44. The Morgan fingerprint density at radius 1 is 0.879 bits per heavy atom. The number of methoxy groups -OCH3 is 1. The van der Waals surface area contributed by atoms with Gasteiger partial charge in [0.05, 0.1) is 29.6 Å². The number of piperazine rings is 1. The highest BCUT2D eigenvalue weighted by Crippen LogP contribution is 2.31. The second-order valence-corrected chi connectivity index (χ2v) is 7.62. The van der Waals surface area contributed by atoms with Gasteiger partial charge in [0.2, 0.25) is 0 Å². The Bertz CT molecular complexity index is 1180. The SMILES string of the molecule is COc1ccccc1N1CCN(c2ccc(NC(=O)c3ccccc3F)cc2C(=O)O)CC1. The number of anilines is 3. The van der Waals surface area contributed by atoms with Gasteiger partial charge in [0.15, 0.2) is 0 Å². The highest BCUT2D eigenvalue weighted by Gasteiger charge is 2.23. The Balaban J connectivity index is 1.50. The Morgan fingerprint density at radius 3 is 2.18 bits per heavy atom. The third kappa shape index (κ3) is 4.74. The van der Waals surface area contributed by atoms with Crippen LogP contribution in [0.2, 0.25) is 0 Å². The van der Waals surface area contributed by atoms with Gasteiger partial charge in [-0.25, -0.2) is 9.18 Å². The van der Waals surface area contributed by atoms with Gasteiger partial charge >= 0.3 is 5.97 Å². The van der Waals surface area contributed by atoms with Crippen molar-refractivity contribution in [2.45, 2.75) is 0 Å². The van der Waals surface area contributed by atoms with E-state index in [1.165, 1.54) is 24.3 Å². The highest BCUT2D eigenvalue weighted by molar-refractivity contribution is 6.05. The summed E-state index contributed by atoms with van der Waals surface area (Å²) in [5.41, 5.74) is 1.84. The molecule has 2 N–H and O–H groups in total. The van der Waals surface area contributed by atoms with Crippen LogP contribution in [-0.4, -0.2) is 50.3 Å². The fourth-order valence-electron chi connectivity index (χ4n) is 3.98. The van der Waals surface area contributed by atoms with Gasteiger partial charge < -0.3 is 25.0 Å². The molecule has 3 aromatic carbocycles. The average molecular weight is 449 g/mol. The third-order valence-corrected chi connectivity index (χ3v) is 5.65. The molecular weight excluding hydrogens is 425 g/mol. The largest absolute Gasteiger partial charge is 0.495 e. The number of aromatic carboxylic acids is 1. The second kappa shape index (κ2) is 9.60. The van der Waals surface area contributed by atoms with E-state index in [2.05, 4.69) is 10.2 Å². The van der Waals surface area contributed by atoms with Gasteiger partial charge in [-0.05, 0) is 42.5 Å². The summed E-state index contributed by atoms with van der Waals surface area (Å²) in [4.78, 5) is 28.6. The van der Waals surface area contributed by atoms with E-state index < -0.39 is 17.7 Å². The first-order valence-electron chi connectivity index (χ1n) is 10.5. The van der Waals surface area contributed by atoms with Crippen molar-refractivity contribution in [2.24, 2.45) is 0 Å². The summed E-state index contributed by atoms with van der Waals surface area (Å²) >= 11 is 0. The number of hydrogen-bond donors (Lipinski definition) is 2. The normalized spacial score (nSPS) is 13.5. The van der Waals surface area contributed by atoms with E-state index in [0.717, 1.165) is 11.4 Å². The molecule has 4 rings (SSSR count). The zero-order valence-electron chi connectivity index (χ0n) is 18.1. The van der Waals surface area contributed by atoms with Gasteiger partial charge in [-0.2, -0.15) is 0 Å². The molecular formula is C25H24FN3O4. The van der Waals surface area contributed by atoms with Crippen LogP contribution in [0, 0.1) is 5.82 Å². The van der Waals surface area contributed by atoms with Crippen LogP contribution in [-0.2, 0) is 0 Å². The molecule has 3 aromatic rings. The van der Waals surface area contributed by atoms with Crippen LogP contribution in [0.5, 0.6) is 5.75 Å². The number of carboxylic acids is 1. The first-order chi connectivity index (χ1) is 16.0. The Hall–Kier alpha value is -4.07. The summed E-state index contributed by atoms with van der Waals surface area (Å²) in [6, 6.07) is 18.2.